The fourth-order valence-corrected chi connectivity index (χ4v) is 2.17. The van der Waals surface area contributed by atoms with E-state index in [1.807, 2.05) is 18.2 Å². The molecule has 0 atom stereocenters. The van der Waals surface area contributed by atoms with Gasteiger partial charge in [0.15, 0.2) is 0 Å². The van der Waals surface area contributed by atoms with Gasteiger partial charge in [-0.25, -0.2) is 0 Å². The Labute approximate surface area is 90.5 Å². The van der Waals surface area contributed by atoms with Crippen molar-refractivity contribution in [1.29, 1.82) is 0 Å². The first-order chi connectivity index (χ1) is 6.75. The zero-order valence-corrected chi connectivity index (χ0v) is 9.22. The largest absolute Gasteiger partial charge is 0.310 e. The first-order valence-corrected chi connectivity index (χ1v) is 5.60. The van der Waals surface area contributed by atoms with Gasteiger partial charge in [-0.1, -0.05) is 36.7 Å². The van der Waals surface area contributed by atoms with E-state index in [0.29, 0.717) is 6.04 Å². The third-order valence-corrected chi connectivity index (χ3v) is 3.28. The molecule has 1 aromatic rings. The van der Waals surface area contributed by atoms with E-state index in [4.69, 9.17) is 11.6 Å². The molecule has 1 fully saturated rings. The van der Waals surface area contributed by atoms with Gasteiger partial charge in [-0.3, -0.25) is 0 Å². The molecule has 0 bridgehead atoms. The lowest BCUT2D eigenvalue weighted by atomic mass is 9.82. The summed E-state index contributed by atoms with van der Waals surface area (Å²) in [5.41, 5.74) is 1.20. The minimum atomic E-state index is 0.710. The van der Waals surface area contributed by atoms with Gasteiger partial charge in [0.05, 0.1) is 0 Å². The van der Waals surface area contributed by atoms with Crippen molar-refractivity contribution in [3.63, 3.8) is 0 Å². The van der Waals surface area contributed by atoms with Crippen LogP contribution in [0.3, 0.4) is 0 Å². The average molecular weight is 210 g/mol. The molecule has 0 heterocycles. The van der Waals surface area contributed by atoms with E-state index >= 15 is 0 Å². The molecule has 1 N–H and O–H groups in total. The molecule has 0 aromatic heterocycles. The summed E-state index contributed by atoms with van der Waals surface area (Å²) in [6, 6.07) is 8.74. The van der Waals surface area contributed by atoms with Gasteiger partial charge in [-0.05, 0) is 30.4 Å². The van der Waals surface area contributed by atoms with Crippen molar-refractivity contribution in [2.45, 2.75) is 32.4 Å². The second-order valence-corrected chi connectivity index (χ2v) is 4.65. The van der Waals surface area contributed by atoms with E-state index in [1.165, 1.54) is 18.4 Å². The van der Waals surface area contributed by atoms with E-state index in [2.05, 4.69) is 18.3 Å². The third-order valence-electron chi connectivity index (χ3n) is 2.91. The van der Waals surface area contributed by atoms with Crippen LogP contribution in [0, 0.1) is 5.92 Å². The number of benzene rings is 1. The van der Waals surface area contributed by atoms with Gasteiger partial charge in [-0.2, -0.15) is 0 Å². The van der Waals surface area contributed by atoms with Crippen LogP contribution in [0.25, 0.3) is 0 Å². The Morgan fingerprint density at radius 3 is 2.71 bits per heavy atom. The molecular weight excluding hydrogens is 194 g/mol. The lowest BCUT2D eigenvalue weighted by Crippen LogP contribution is -2.39. The molecule has 1 aliphatic rings. The number of nitrogens with one attached hydrogen (secondary N) is 1. The fraction of sp³-hybridized carbons (Fsp3) is 0.500. The van der Waals surface area contributed by atoms with Gasteiger partial charge < -0.3 is 5.32 Å². The van der Waals surface area contributed by atoms with Crippen LogP contribution >= 0.6 is 11.6 Å². The molecular formula is C12H16ClN. The van der Waals surface area contributed by atoms with Gasteiger partial charge in [0.1, 0.15) is 0 Å². The van der Waals surface area contributed by atoms with E-state index in [9.17, 15) is 0 Å². The molecule has 2 rings (SSSR count). The number of halogens is 1. The predicted molar refractivity (Wildman–Crippen MR) is 60.5 cm³/mol. The van der Waals surface area contributed by atoms with Crippen LogP contribution in [-0.4, -0.2) is 6.04 Å². The average Bonchev–Trinajstić information content (AvgIpc) is 2.13. The molecule has 1 nitrogen and oxygen atoms in total. The second-order valence-electron chi connectivity index (χ2n) is 4.25. The van der Waals surface area contributed by atoms with Crippen LogP contribution in [0.4, 0.5) is 0 Å². The second kappa shape index (κ2) is 4.33. The first-order valence-electron chi connectivity index (χ1n) is 5.22. The quantitative estimate of drug-likeness (QED) is 0.806. The van der Waals surface area contributed by atoms with Gasteiger partial charge in [0.2, 0.25) is 0 Å². The molecule has 0 unspecified atom stereocenters. The molecule has 76 valence electrons. The summed E-state index contributed by atoms with van der Waals surface area (Å²) < 4.78 is 0. The van der Waals surface area contributed by atoms with Crippen LogP contribution in [-0.2, 0) is 6.54 Å². The van der Waals surface area contributed by atoms with Gasteiger partial charge >= 0.3 is 0 Å². The van der Waals surface area contributed by atoms with Gasteiger partial charge in [-0.15, -0.1) is 0 Å². The zero-order valence-electron chi connectivity index (χ0n) is 8.46. The maximum atomic E-state index is 6.06. The van der Waals surface area contributed by atoms with Crippen molar-refractivity contribution < 1.29 is 0 Å². The van der Waals surface area contributed by atoms with E-state index < -0.39 is 0 Å². The van der Waals surface area contributed by atoms with E-state index in [1.54, 1.807) is 0 Å². The molecule has 0 saturated heterocycles. The maximum absolute atomic E-state index is 6.06. The fourth-order valence-electron chi connectivity index (χ4n) is 1.97. The molecule has 1 aliphatic carbocycles. The van der Waals surface area contributed by atoms with E-state index in [0.717, 1.165) is 17.5 Å². The highest BCUT2D eigenvalue weighted by atomic mass is 35.5. The van der Waals surface area contributed by atoms with Crippen LogP contribution < -0.4 is 5.32 Å². The molecule has 1 saturated carbocycles. The lowest BCUT2D eigenvalue weighted by Gasteiger charge is -2.33. The highest BCUT2D eigenvalue weighted by Crippen LogP contribution is 2.26. The Morgan fingerprint density at radius 1 is 1.36 bits per heavy atom. The van der Waals surface area contributed by atoms with Crippen molar-refractivity contribution >= 4 is 11.6 Å². The Balaban J connectivity index is 1.83. The molecule has 0 amide bonds. The highest BCUT2D eigenvalue weighted by Gasteiger charge is 2.24. The third kappa shape index (κ3) is 2.28. The number of hydrogen-bond donors (Lipinski definition) is 1. The minimum absolute atomic E-state index is 0.710. The number of rotatable bonds is 3. The topological polar surface area (TPSA) is 12.0 Å². The lowest BCUT2D eigenvalue weighted by molar-refractivity contribution is 0.240. The molecule has 0 spiro atoms. The van der Waals surface area contributed by atoms with Crippen molar-refractivity contribution in [1.82, 2.24) is 5.32 Å². The van der Waals surface area contributed by atoms with Crippen LogP contribution in [0.5, 0.6) is 0 Å². The van der Waals surface area contributed by atoms with E-state index in [-0.39, 0.29) is 0 Å². The Hall–Kier alpha value is -0.530. The standard InChI is InChI=1S/C12H16ClN/c1-9-6-11(7-9)14-8-10-4-2-3-5-12(10)13/h2-5,9,11,14H,6-8H2,1H3. The van der Waals surface area contributed by atoms with Crippen molar-refractivity contribution in [2.24, 2.45) is 5.92 Å². The summed E-state index contributed by atoms with van der Waals surface area (Å²) in [6.45, 7) is 3.20. The molecule has 1 aromatic carbocycles. The Kier molecular flexibility index (Phi) is 3.09. The Morgan fingerprint density at radius 2 is 2.07 bits per heavy atom. The summed E-state index contributed by atoms with van der Waals surface area (Å²) in [5, 5.41) is 4.39. The van der Waals surface area contributed by atoms with Crippen LogP contribution in [0.1, 0.15) is 25.3 Å². The van der Waals surface area contributed by atoms with Crippen molar-refractivity contribution in [3.8, 4) is 0 Å². The summed E-state index contributed by atoms with van der Waals surface area (Å²) in [7, 11) is 0. The number of hydrogen-bond acceptors (Lipinski definition) is 1. The van der Waals surface area contributed by atoms with Crippen molar-refractivity contribution in [3.05, 3.63) is 34.9 Å². The molecule has 14 heavy (non-hydrogen) atoms. The summed E-state index contributed by atoms with van der Waals surface area (Å²) in [6.07, 6.45) is 2.62. The monoisotopic (exact) mass is 209 g/mol. The highest BCUT2D eigenvalue weighted by molar-refractivity contribution is 6.31. The maximum Gasteiger partial charge on any atom is 0.0450 e. The first kappa shape index (κ1) is 10.0. The van der Waals surface area contributed by atoms with Crippen LogP contribution in [0.15, 0.2) is 24.3 Å². The Bertz CT molecular complexity index is 305. The van der Waals surface area contributed by atoms with Gasteiger partial charge in [0, 0.05) is 17.6 Å². The molecule has 0 aliphatic heterocycles. The van der Waals surface area contributed by atoms with Gasteiger partial charge in [0.25, 0.3) is 0 Å². The normalized spacial score (nSPS) is 25.9. The molecule has 0 radical (unpaired) electrons. The van der Waals surface area contributed by atoms with Crippen molar-refractivity contribution in [2.75, 3.05) is 0 Å². The predicted octanol–water partition coefficient (Wildman–Crippen LogP) is 3.23. The smallest absolute Gasteiger partial charge is 0.0450 e. The summed E-state index contributed by atoms with van der Waals surface area (Å²) in [4.78, 5) is 0. The molecule has 2 heteroatoms. The summed E-state index contributed by atoms with van der Waals surface area (Å²) in [5.74, 6) is 0.902. The minimum Gasteiger partial charge on any atom is -0.310 e. The van der Waals surface area contributed by atoms with Crippen LogP contribution in [0.2, 0.25) is 5.02 Å². The SMILES string of the molecule is CC1CC(NCc2ccccc2Cl)C1. The zero-order chi connectivity index (χ0) is 9.97. The summed E-state index contributed by atoms with van der Waals surface area (Å²) >= 11 is 6.06.